The van der Waals surface area contributed by atoms with Gasteiger partial charge in [0.05, 0.1) is 0 Å². The van der Waals surface area contributed by atoms with E-state index in [0.717, 1.165) is 0 Å². The standard InChI is InChI=1S/C21H18/c1-13-7-6-10-17-15(3)21-18-9-5-4-8-16(18)11-14(2)20(21)12-19(13)17/h4-12H,1-3H3. The van der Waals surface area contributed by atoms with Gasteiger partial charge in [-0.25, -0.2) is 0 Å². The maximum absolute atomic E-state index is 2.37. The van der Waals surface area contributed by atoms with Gasteiger partial charge in [0.25, 0.3) is 0 Å². The first-order valence-electron chi connectivity index (χ1n) is 7.48. The topological polar surface area (TPSA) is 0 Å². The van der Waals surface area contributed by atoms with E-state index in [1.54, 1.807) is 0 Å². The predicted molar refractivity (Wildman–Crippen MR) is 93.2 cm³/mol. The van der Waals surface area contributed by atoms with E-state index in [2.05, 4.69) is 75.4 Å². The number of benzene rings is 4. The van der Waals surface area contributed by atoms with Gasteiger partial charge in [0.2, 0.25) is 0 Å². The molecule has 0 aliphatic carbocycles. The average molecular weight is 270 g/mol. The third kappa shape index (κ3) is 1.69. The highest BCUT2D eigenvalue weighted by atomic mass is 14.1. The zero-order valence-corrected chi connectivity index (χ0v) is 12.7. The molecule has 4 rings (SSSR count). The lowest BCUT2D eigenvalue weighted by molar-refractivity contribution is 1.50. The summed E-state index contributed by atoms with van der Waals surface area (Å²) >= 11 is 0. The Morgan fingerprint density at radius 3 is 2.19 bits per heavy atom. The smallest absolute Gasteiger partial charge is 0.00670 e. The Morgan fingerprint density at radius 2 is 1.33 bits per heavy atom. The minimum atomic E-state index is 1.33. The van der Waals surface area contributed by atoms with E-state index in [0.29, 0.717) is 0 Å². The summed E-state index contributed by atoms with van der Waals surface area (Å²) in [5, 5.41) is 8.23. The Kier molecular flexibility index (Phi) is 2.56. The van der Waals surface area contributed by atoms with Crippen LogP contribution in [0.15, 0.2) is 54.6 Å². The van der Waals surface area contributed by atoms with Crippen LogP contribution in [0.5, 0.6) is 0 Å². The van der Waals surface area contributed by atoms with Crippen LogP contribution in [0.25, 0.3) is 32.3 Å². The number of fused-ring (bicyclic) bond motifs is 4. The molecule has 0 unspecified atom stereocenters. The Balaban J connectivity index is 2.37. The lowest BCUT2D eigenvalue weighted by atomic mass is 9.90. The SMILES string of the molecule is Cc1cccc2c(C)c3c(cc12)c(C)cc1ccccc13. The summed E-state index contributed by atoms with van der Waals surface area (Å²) in [5.74, 6) is 0. The van der Waals surface area contributed by atoms with E-state index in [1.807, 2.05) is 0 Å². The quantitative estimate of drug-likeness (QED) is 0.268. The van der Waals surface area contributed by atoms with Crippen molar-refractivity contribution in [2.24, 2.45) is 0 Å². The Labute approximate surface area is 125 Å². The van der Waals surface area contributed by atoms with Gasteiger partial charge in [-0.1, -0.05) is 48.5 Å². The molecule has 0 spiro atoms. The van der Waals surface area contributed by atoms with E-state index in [9.17, 15) is 0 Å². The van der Waals surface area contributed by atoms with Gasteiger partial charge in [-0.2, -0.15) is 0 Å². The molecule has 0 bridgehead atoms. The maximum atomic E-state index is 2.37. The fourth-order valence-electron chi connectivity index (χ4n) is 3.57. The van der Waals surface area contributed by atoms with Gasteiger partial charge >= 0.3 is 0 Å². The molecule has 0 aromatic heterocycles. The Morgan fingerprint density at radius 1 is 0.571 bits per heavy atom. The van der Waals surface area contributed by atoms with E-state index < -0.39 is 0 Å². The third-order valence-corrected chi connectivity index (χ3v) is 4.69. The van der Waals surface area contributed by atoms with E-state index in [4.69, 9.17) is 0 Å². The molecule has 4 aromatic rings. The van der Waals surface area contributed by atoms with Crippen LogP contribution in [0, 0.1) is 20.8 Å². The molecule has 0 radical (unpaired) electrons. The minimum absolute atomic E-state index is 1.33. The predicted octanol–water partition coefficient (Wildman–Crippen LogP) is 6.07. The first-order valence-corrected chi connectivity index (χ1v) is 7.48. The lowest BCUT2D eigenvalue weighted by Gasteiger charge is -2.14. The molecule has 0 atom stereocenters. The molecule has 0 fully saturated rings. The molecular formula is C21H18. The second-order valence-corrected chi connectivity index (χ2v) is 6.01. The van der Waals surface area contributed by atoms with Crippen molar-refractivity contribution >= 4 is 32.3 Å². The van der Waals surface area contributed by atoms with Gasteiger partial charge < -0.3 is 0 Å². The summed E-state index contributed by atoms with van der Waals surface area (Å²) in [4.78, 5) is 0. The van der Waals surface area contributed by atoms with E-state index in [1.165, 1.54) is 49.0 Å². The first-order chi connectivity index (χ1) is 10.2. The van der Waals surface area contributed by atoms with Crippen LogP contribution in [0.4, 0.5) is 0 Å². The Hall–Kier alpha value is -2.34. The summed E-state index contributed by atoms with van der Waals surface area (Å²) in [6.07, 6.45) is 0. The van der Waals surface area contributed by atoms with Crippen molar-refractivity contribution in [3.8, 4) is 0 Å². The highest BCUT2D eigenvalue weighted by Crippen LogP contribution is 2.36. The number of hydrogen-bond donors (Lipinski definition) is 0. The van der Waals surface area contributed by atoms with Gasteiger partial charge in [-0.15, -0.1) is 0 Å². The molecule has 4 aromatic carbocycles. The molecule has 0 heterocycles. The van der Waals surface area contributed by atoms with Crippen molar-refractivity contribution in [3.05, 3.63) is 71.3 Å². The highest BCUT2D eigenvalue weighted by Gasteiger charge is 2.10. The first kappa shape index (κ1) is 12.4. The summed E-state index contributed by atoms with van der Waals surface area (Å²) in [6, 6.07) is 20.0. The Bertz CT molecular complexity index is 1010. The molecule has 0 aliphatic heterocycles. The van der Waals surface area contributed by atoms with Crippen molar-refractivity contribution in [1.29, 1.82) is 0 Å². The minimum Gasteiger partial charge on any atom is -0.0616 e. The van der Waals surface area contributed by atoms with E-state index >= 15 is 0 Å². The molecule has 0 N–H and O–H groups in total. The van der Waals surface area contributed by atoms with Crippen LogP contribution in [0.3, 0.4) is 0 Å². The molecule has 0 saturated carbocycles. The lowest BCUT2D eigenvalue weighted by Crippen LogP contribution is -1.89. The third-order valence-electron chi connectivity index (χ3n) is 4.69. The number of hydrogen-bond acceptors (Lipinski definition) is 0. The molecule has 102 valence electrons. The summed E-state index contributed by atoms with van der Waals surface area (Å²) in [6.45, 7) is 6.68. The second-order valence-electron chi connectivity index (χ2n) is 6.01. The van der Waals surface area contributed by atoms with Crippen molar-refractivity contribution in [2.75, 3.05) is 0 Å². The van der Waals surface area contributed by atoms with Crippen LogP contribution in [-0.2, 0) is 0 Å². The number of aryl methyl sites for hydroxylation is 3. The summed E-state index contributed by atoms with van der Waals surface area (Å²) in [7, 11) is 0. The van der Waals surface area contributed by atoms with Crippen LogP contribution in [0.1, 0.15) is 16.7 Å². The number of rotatable bonds is 0. The largest absolute Gasteiger partial charge is 0.0616 e. The van der Waals surface area contributed by atoms with Gasteiger partial charge in [0, 0.05) is 0 Å². The van der Waals surface area contributed by atoms with Crippen LogP contribution >= 0.6 is 0 Å². The van der Waals surface area contributed by atoms with Crippen molar-refractivity contribution < 1.29 is 0 Å². The van der Waals surface area contributed by atoms with Crippen molar-refractivity contribution in [1.82, 2.24) is 0 Å². The molecule has 0 aliphatic rings. The average Bonchev–Trinajstić information content (AvgIpc) is 2.49. The van der Waals surface area contributed by atoms with Gasteiger partial charge in [0.1, 0.15) is 0 Å². The second kappa shape index (κ2) is 4.33. The van der Waals surface area contributed by atoms with Crippen molar-refractivity contribution in [2.45, 2.75) is 20.8 Å². The zero-order chi connectivity index (χ0) is 14.6. The highest BCUT2D eigenvalue weighted by molar-refractivity contribution is 6.16. The van der Waals surface area contributed by atoms with Crippen LogP contribution in [0.2, 0.25) is 0 Å². The van der Waals surface area contributed by atoms with Gasteiger partial charge in [-0.3, -0.25) is 0 Å². The van der Waals surface area contributed by atoms with Gasteiger partial charge in [0.15, 0.2) is 0 Å². The molecule has 0 heteroatoms. The van der Waals surface area contributed by atoms with Crippen LogP contribution < -0.4 is 0 Å². The van der Waals surface area contributed by atoms with Crippen molar-refractivity contribution in [3.63, 3.8) is 0 Å². The zero-order valence-electron chi connectivity index (χ0n) is 12.7. The molecular weight excluding hydrogens is 252 g/mol. The van der Waals surface area contributed by atoms with E-state index in [-0.39, 0.29) is 0 Å². The monoisotopic (exact) mass is 270 g/mol. The fourth-order valence-corrected chi connectivity index (χ4v) is 3.57. The fraction of sp³-hybridized carbons (Fsp3) is 0.143. The van der Waals surface area contributed by atoms with Crippen LogP contribution in [-0.4, -0.2) is 0 Å². The molecule has 0 amide bonds. The molecule has 0 saturated heterocycles. The molecule has 0 nitrogen and oxygen atoms in total. The van der Waals surface area contributed by atoms with Gasteiger partial charge in [-0.05, 0) is 75.8 Å². The summed E-state index contributed by atoms with van der Waals surface area (Å²) in [5.41, 5.74) is 4.10. The normalized spacial score (nSPS) is 11.6. The molecule has 21 heavy (non-hydrogen) atoms. The summed E-state index contributed by atoms with van der Waals surface area (Å²) < 4.78 is 0. The maximum Gasteiger partial charge on any atom is -0.00670 e.